The van der Waals surface area contributed by atoms with Gasteiger partial charge in [-0.1, -0.05) is 0 Å². The zero-order valence-corrected chi connectivity index (χ0v) is 19.3. The van der Waals surface area contributed by atoms with Crippen molar-refractivity contribution in [3.63, 3.8) is 0 Å². The van der Waals surface area contributed by atoms with E-state index in [2.05, 4.69) is 47.5 Å². The summed E-state index contributed by atoms with van der Waals surface area (Å²) in [4.78, 5) is 31.0. The summed E-state index contributed by atoms with van der Waals surface area (Å²) in [5, 5.41) is 0. The highest BCUT2D eigenvalue weighted by Gasteiger charge is 2.27. The summed E-state index contributed by atoms with van der Waals surface area (Å²) in [6.07, 6.45) is 7.88. The van der Waals surface area contributed by atoms with Crippen molar-refractivity contribution in [3.8, 4) is 0 Å². The molecule has 8 heteroatoms. The molecule has 0 atom stereocenters. The van der Waals surface area contributed by atoms with Crippen LogP contribution in [0.25, 0.3) is 0 Å². The van der Waals surface area contributed by atoms with Crippen LogP contribution in [0.1, 0.15) is 39.4 Å². The number of nitrogens with zero attached hydrogens (tertiary/aromatic N) is 5. The summed E-state index contributed by atoms with van der Waals surface area (Å²) in [6, 6.07) is 1.85. The third-order valence-corrected chi connectivity index (χ3v) is 8.19. The number of carbonyl (C=O) groups is 1. The Morgan fingerprint density at radius 1 is 1.07 bits per heavy atom. The molecule has 6 nitrogen and oxygen atoms in total. The lowest BCUT2D eigenvalue weighted by Crippen LogP contribution is -2.47. The second-order valence-corrected chi connectivity index (χ2v) is 9.85. The third-order valence-electron chi connectivity index (χ3n) is 5.78. The van der Waals surface area contributed by atoms with E-state index in [-0.39, 0.29) is 5.91 Å². The number of carbonyl (C=O) groups excluding carboxylic acids is 1. The minimum Gasteiger partial charge on any atom is -0.339 e. The summed E-state index contributed by atoms with van der Waals surface area (Å²) >= 11 is 5.41. The molecule has 0 radical (unpaired) electrons. The monoisotopic (exact) mass is 477 g/mol. The first-order chi connectivity index (χ1) is 14.1. The number of piperazine rings is 1. The van der Waals surface area contributed by atoms with E-state index in [4.69, 9.17) is 0 Å². The highest BCUT2D eigenvalue weighted by molar-refractivity contribution is 9.10. The van der Waals surface area contributed by atoms with Gasteiger partial charge >= 0.3 is 0 Å². The van der Waals surface area contributed by atoms with E-state index in [9.17, 15) is 4.79 Å². The molecule has 0 unspecified atom stereocenters. The summed E-state index contributed by atoms with van der Waals surface area (Å²) in [7, 11) is 0. The minimum atomic E-state index is 0.213. The zero-order chi connectivity index (χ0) is 20.2. The van der Waals surface area contributed by atoms with Crippen LogP contribution in [0.5, 0.6) is 0 Å². The molecular formula is C21H28BrN5OS. The number of unbranched alkanes of at least 4 members (excludes halogenated alkanes) is 1. The van der Waals surface area contributed by atoms with E-state index in [1.54, 1.807) is 23.7 Å². The predicted molar refractivity (Wildman–Crippen MR) is 121 cm³/mol. The third kappa shape index (κ3) is 4.81. The first kappa shape index (κ1) is 20.8. The molecule has 0 aliphatic carbocycles. The Hall–Kier alpha value is -1.51. The smallest absolute Gasteiger partial charge is 0.256 e. The fourth-order valence-electron chi connectivity index (χ4n) is 4.14. The Balaban J connectivity index is 1.21. The van der Waals surface area contributed by atoms with Crippen molar-refractivity contribution in [3.05, 3.63) is 38.3 Å². The van der Waals surface area contributed by atoms with Gasteiger partial charge in [-0.15, -0.1) is 11.3 Å². The maximum Gasteiger partial charge on any atom is 0.256 e. The number of aromatic nitrogens is 2. The van der Waals surface area contributed by atoms with Crippen molar-refractivity contribution in [1.82, 2.24) is 19.8 Å². The van der Waals surface area contributed by atoms with Gasteiger partial charge in [-0.2, -0.15) is 0 Å². The van der Waals surface area contributed by atoms with Gasteiger partial charge in [0.15, 0.2) is 0 Å². The van der Waals surface area contributed by atoms with Gasteiger partial charge in [0.1, 0.15) is 0 Å². The molecular weight excluding hydrogens is 450 g/mol. The van der Waals surface area contributed by atoms with Crippen molar-refractivity contribution in [2.24, 2.45) is 0 Å². The molecule has 2 aromatic rings. The number of anilines is 1. The number of fused-ring (bicyclic) bond motifs is 1. The Morgan fingerprint density at radius 3 is 2.55 bits per heavy atom. The van der Waals surface area contributed by atoms with Crippen LogP contribution < -0.4 is 4.90 Å². The lowest BCUT2D eigenvalue weighted by molar-refractivity contribution is 0.0755. The molecule has 2 aliphatic heterocycles. The largest absolute Gasteiger partial charge is 0.339 e. The maximum absolute atomic E-state index is 13.0. The Bertz CT molecular complexity index is 835. The summed E-state index contributed by atoms with van der Waals surface area (Å²) in [5.74, 6) is 1.05. The second-order valence-electron chi connectivity index (χ2n) is 7.75. The maximum atomic E-state index is 13.0. The Morgan fingerprint density at radius 2 is 1.79 bits per heavy atom. The quantitative estimate of drug-likeness (QED) is 0.594. The summed E-state index contributed by atoms with van der Waals surface area (Å²) in [5.41, 5.74) is 0.921. The van der Waals surface area contributed by atoms with Crippen LogP contribution in [0.4, 0.5) is 5.95 Å². The molecule has 0 saturated carbocycles. The Labute approximate surface area is 185 Å². The topological polar surface area (TPSA) is 52.6 Å². The number of halogens is 1. The molecule has 4 heterocycles. The molecule has 0 bridgehead atoms. The van der Waals surface area contributed by atoms with Crippen molar-refractivity contribution in [2.45, 2.75) is 32.6 Å². The van der Waals surface area contributed by atoms with E-state index in [0.717, 1.165) is 87.5 Å². The molecule has 2 aromatic heterocycles. The van der Waals surface area contributed by atoms with Gasteiger partial charge in [-0.05, 0) is 61.1 Å². The van der Waals surface area contributed by atoms with Gasteiger partial charge in [0.25, 0.3) is 5.91 Å². The fraction of sp³-hybridized carbons (Fsp3) is 0.571. The number of aryl methyl sites for hydroxylation is 2. The lowest BCUT2D eigenvalue weighted by Gasteiger charge is -2.34. The van der Waals surface area contributed by atoms with Gasteiger partial charge < -0.3 is 9.80 Å². The van der Waals surface area contributed by atoms with Crippen LogP contribution in [-0.2, 0) is 6.42 Å². The van der Waals surface area contributed by atoms with Crippen LogP contribution in [0.2, 0.25) is 0 Å². The number of hydrogen-bond acceptors (Lipinski definition) is 6. The van der Waals surface area contributed by atoms with E-state index >= 15 is 0 Å². The number of hydrogen-bond donors (Lipinski definition) is 0. The van der Waals surface area contributed by atoms with Crippen LogP contribution in [-0.4, -0.2) is 71.5 Å². The molecule has 156 valence electrons. The number of amides is 1. The van der Waals surface area contributed by atoms with Gasteiger partial charge in [0, 0.05) is 65.9 Å². The molecule has 1 fully saturated rings. The molecule has 0 N–H and O–H groups in total. The van der Waals surface area contributed by atoms with Crippen molar-refractivity contribution < 1.29 is 4.79 Å². The number of rotatable bonds is 6. The lowest BCUT2D eigenvalue weighted by atomic mass is 10.2. The zero-order valence-electron chi connectivity index (χ0n) is 16.9. The van der Waals surface area contributed by atoms with Gasteiger partial charge in [0.05, 0.1) is 5.56 Å². The average molecular weight is 478 g/mol. The average Bonchev–Trinajstić information content (AvgIpc) is 2.94. The van der Waals surface area contributed by atoms with E-state index in [0.29, 0.717) is 0 Å². The number of thiophene rings is 1. The predicted octanol–water partition coefficient (Wildman–Crippen LogP) is 3.60. The van der Waals surface area contributed by atoms with Gasteiger partial charge in [-0.3, -0.25) is 9.69 Å². The molecule has 1 saturated heterocycles. The van der Waals surface area contributed by atoms with E-state index in [1.165, 1.54) is 9.75 Å². The highest BCUT2D eigenvalue weighted by Crippen LogP contribution is 2.36. The van der Waals surface area contributed by atoms with Gasteiger partial charge in [0.2, 0.25) is 5.95 Å². The van der Waals surface area contributed by atoms with Crippen LogP contribution >= 0.6 is 27.3 Å². The standard InChI is InChI=1S/C21H28BrN5OS/c1-16-19(22)18-17(29-16)6-4-11-26(20(18)28)10-3-2-9-25-12-14-27(15-13-25)21-23-7-5-8-24-21/h5,7-8H,2-4,6,9-15H2,1H3. The molecule has 4 rings (SSSR count). The van der Waals surface area contributed by atoms with Crippen LogP contribution in [0, 0.1) is 6.92 Å². The molecule has 0 spiro atoms. The van der Waals surface area contributed by atoms with E-state index < -0.39 is 0 Å². The first-order valence-corrected chi connectivity index (χ1v) is 12.1. The molecule has 0 aromatic carbocycles. The summed E-state index contributed by atoms with van der Waals surface area (Å²) in [6.45, 7) is 8.96. The SMILES string of the molecule is Cc1sc2c(c1Br)C(=O)N(CCCCN1CCN(c3ncccn3)CC1)CCC2. The van der Waals surface area contributed by atoms with Crippen molar-refractivity contribution >= 4 is 39.1 Å². The van der Waals surface area contributed by atoms with Crippen molar-refractivity contribution in [1.29, 1.82) is 0 Å². The molecule has 29 heavy (non-hydrogen) atoms. The highest BCUT2D eigenvalue weighted by atomic mass is 79.9. The van der Waals surface area contributed by atoms with Crippen molar-refractivity contribution in [2.75, 3.05) is 50.7 Å². The molecule has 2 aliphatic rings. The minimum absolute atomic E-state index is 0.213. The summed E-state index contributed by atoms with van der Waals surface area (Å²) < 4.78 is 1.01. The van der Waals surface area contributed by atoms with Gasteiger partial charge in [-0.25, -0.2) is 9.97 Å². The normalized spacial score (nSPS) is 18.1. The van der Waals surface area contributed by atoms with Crippen LogP contribution in [0.15, 0.2) is 22.9 Å². The fourth-order valence-corrected chi connectivity index (χ4v) is 6.02. The first-order valence-electron chi connectivity index (χ1n) is 10.4. The molecule has 1 amide bonds. The van der Waals surface area contributed by atoms with E-state index in [1.807, 2.05) is 6.07 Å². The second kappa shape index (κ2) is 9.53. The van der Waals surface area contributed by atoms with Crippen LogP contribution in [0.3, 0.4) is 0 Å². The Kier molecular flexibility index (Phi) is 6.82.